The zero-order valence-electron chi connectivity index (χ0n) is 18.3. The van der Waals surface area contributed by atoms with Crippen molar-refractivity contribution in [1.29, 1.82) is 0 Å². The Morgan fingerprint density at radius 2 is 1.79 bits per heavy atom. The number of benzene rings is 2. The lowest BCUT2D eigenvalue weighted by molar-refractivity contribution is -0.137. The van der Waals surface area contributed by atoms with Gasteiger partial charge in [0, 0.05) is 23.3 Å². The highest BCUT2D eigenvalue weighted by molar-refractivity contribution is 7.98. The minimum absolute atomic E-state index is 0.0377. The van der Waals surface area contributed by atoms with Gasteiger partial charge in [-0.15, -0.1) is 0 Å². The van der Waals surface area contributed by atoms with Gasteiger partial charge in [-0.1, -0.05) is 36.4 Å². The number of nitrogens with one attached hydrogen (secondary N) is 2. The summed E-state index contributed by atoms with van der Waals surface area (Å²) in [4.78, 5) is 25.9. The van der Waals surface area contributed by atoms with Gasteiger partial charge >= 0.3 is 6.18 Å². The molecule has 1 heterocycles. The standard InChI is InChI=1S/C25H25F3N2O3S/c26-25(27,28)13-4-14-33-18-9-7-17(8-10-18)21-15-20(16-5-2-1-3-6-16)22(23(31)29-21)24(32)30-34-19-11-12-19/h1-3,5-10,15,19-20,22H,4,11-14H2,(H,29,31)(H,30,32). The average molecular weight is 491 g/mol. The molecule has 2 atom stereocenters. The number of allylic oxidation sites excluding steroid dienone is 1. The van der Waals surface area contributed by atoms with Gasteiger partial charge in [0.1, 0.15) is 11.7 Å². The summed E-state index contributed by atoms with van der Waals surface area (Å²) in [5.41, 5.74) is 2.14. The second kappa shape index (κ2) is 10.5. The minimum Gasteiger partial charge on any atom is -0.494 e. The van der Waals surface area contributed by atoms with Crippen LogP contribution >= 0.6 is 11.9 Å². The maximum Gasteiger partial charge on any atom is 0.389 e. The van der Waals surface area contributed by atoms with E-state index in [0.717, 1.165) is 18.4 Å². The van der Waals surface area contributed by atoms with E-state index in [2.05, 4.69) is 10.0 Å². The van der Waals surface area contributed by atoms with E-state index in [1.54, 1.807) is 24.3 Å². The van der Waals surface area contributed by atoms with Gasteiger partial charge in [0.15, 0.2) is 0 Å². The Labute approximate surface area is 200 Å². The molecule has 0 aromatic heterocycles. The average Bonchev–Trinajstić information content (AvgIpc) is 3.65. The number of alkyl halides is 3. The number of carbonyl (C=O) groups is 2. The Hall–Kier alpha value is -2.94. The third-order valence-electron chi connectivity index (χ3n) is 5.60. The van der Waals surface area contributed by atoms with Gasteiger partial charge in [-0.3, -0.25) is 14.3 Å². The van der Waals surface area contributed by atoms with E-state index in [9.17, 15) is 22.8 Å². The van der Waals surface area contributed by atoms with Gasteiger partial charge in [-0.05, 0) is 66.6 Å². The molecule has 180 valence electrons. The molecule has 2 aromatic carbocycles. The largest absolute Gasteiger partial charge is 0.494 e. The van der Waals surface area contributed by atoms with Crippen LogP contribution in [-0.2, 0) is 9.59 Å². The molecule has 0 radical (unpaired) electrons. The quantitative estimate of drug-likeness (QED) is 0.288. The van der Waals surface area contributed by atoms with E-state index in [0.29, 0.717) is 22.3 Å². The van der Waals surface area contributed by atoms with Gasteiger partial charge in [0.25, 0.3) is 0 Å². The fourth-order valence-electron chi connectivity index (χ4n) is 3.69. The van der Waals surface area contributed by atoms with E-state index in [1.165, 1.54) is 11.9 Å². The highest BCUT2D eigenvalue weighted by Gasteiger charge is 2.39. The van der Waals surface area contributed by atoms with Crippen LogP contribution in [0.2, 0.25) is 0 Å². The molecule has 0 saturated heterocycles. The molecule has 0 spiro atoms. The molecule has 1 aliphatic heterocycles. The van der Waals surface area contributed by atoms with Crippen LogP contribution in [0.25, 0.3) is 5.70 Å². The first-order valence-electron chi connectivity index (χ1n) is 11.1. The minimum atomic E-state index is -4.19. The summed E-state index contributed by atoms with van der Waals surface area (Å²) < 4.78 is 45.0. The van der Waals surface area contributed by atoms with Crippen molar-refractivity contribution in [2.45, 2.75) is 43.0 Å². The van der Waals surface area contributed by atoms with Crippen LogP contribution in [0.4, 0.5) is 13.2 Å². The highest BCUT2D eigenvalue weighted by Crippen LogP contribution is 2.36. The summed E-state index contributed by atoms with van der Waals surface area (Å²) in [7, 11) is 0. The van der Waals surface area contributed by atoms with Crippen molar-refractivity contribution in [1.82, 2.24) is 10.0 Å². The van der Waals surface area contributed by atoms with Gasteiger partial charge < -0.3 is 10.1 Å². The molecule has 2 unspecified atom stereocenters. The summed E-state index contributed by atoms with van der Waals surface area (Å²) in [5, 5.41) is 3.26. The molecule has 1 saturated carbocycles. The fraction of sp³-hybridized carbons (Fsp3) is 0.360. The molecular formula is C25H25F3N2O3S. The van der Waals surface area contributed by atoms with Crippen molar-refractivity contribution in [3.8, 4) is 5.75 Å². The lowest BCUT2D eigenvalue weighted by atomic mass is 9.81. The molecule has 5 nitrogen and oxygen atoms in total. The zero-order valence-corrected chi connectivity index (χ0v) is 19.1. The normalized spacial score (nSPS) is 20.3. The Morgan fingerprint density at radius 1 is 1.09 bits per heavy atom. The molecule has 0 bridgehead atoms. The lowest BCUT2D eigenvalue weighted by Gasteiger charge is -2.29. The van der Waals surface area contributed by atoms with Gasteiger partial charge in [0.05, 0.1) is 6.61 Å². The molecule has 9 heteroatoms. The lowest BCUT2D eigenvalue weighted by Crippen LogP contribution is -2.44. The Morgan fingerprint density at radius 3 is 2.44 bits per heavy atom. The Bertz CT molecular complexity index is 1040. The Kier molecular flexibility index (Phi) is 7.50. The van der Waals surface area contributed by atoms with E-state index < -0.39 is 24.4 Å². The summed E-state index contributed by atoms with van der Waals surface area (Å²) >= 11 is 1.37. The third kappa shape index (κ3) is 6.56. The maximum absolute atomic E-state index is 13.0. The van der Waals surface area contributed by atoms with Gasteiger partial charge in [-0.25, -0.2) is 0 Å². The van der Waals surface area contributed by atoms with Crippen molar-refractivity contribution < 1.29 is 27.5 Å². The molecule has 2 N–H and O–H groups in total. The van der Waals surface area contributed by atoms with Crippen LogP contribution < -0.4 is 14.8 Å². The van der Waals surface area contributed by atoms with E-state index >= 15 is 0 Å². The molecule has 2 aromatic rings. The first kappa shape index (κ1) is 24.2. The summed E-state index contributed by atoms with van der Waals surface area (Å²) in [6, 6.07) is 16.2. The molecule has 4 rings (SSSR count). The fourth-order valence-corrected chi connectivity index (χ4v) is 4.47. The number of rotatable bonds is 9. The predicted molar refractivity (Wildman–Crippen MR) is 125 cm³/mol. The van der Waals surface area contributed by atoms with E-state index in [1.807, 2.05) is 36.4 Å². The van der Waals surface area contributed by atoms with E-state index in [-0.39, 0.29) is 24.8 Å². The molecule has 34 heavy (non-hydrogen) atoms. The maximum atomic E-state index is 13.0. The number of hydrogen-bond acceptors (Lipinski definition) is 4. The smallest absolute Gasteiger partial charge is 0.389 e. The van der Waals surface area contributed by atoms with Gasteiger partial charge in [0.2, 0.25) is 11.8 Å². The van der Waals surface area contributed by atoms with Crippen LogP contribution in [0.3, 0.4) is 0 Å². The SMILES string of the molecule is O=C(NSC1CC1)C1C(=O)NC(c2ccc(OCCCC(F)(F)F)cc2)=CC1c1ccccc1. The van der Waals surface area contributed by atoms with Gasteiger partial charge in [-0.2, -0.15) is 13.2 Å². The zero-order chi connectivity index (χ0) is 24.1. The number of halogens is 3. The number of amides is 2. The highest BCUT2D eigenvalue weighted by atomic mass is 32.2. The summed E-state index contributed by atoms with van der Waals surface area (Å²) in [6.07, 6.45) is -1.19. The number of carbonyl (C=O) groups excluding carboxylic acids is 2. The monoisotopic (exact) mass is 490 g/mol. The van der Waals surface area contributed by atoms with Crippen LogP contribution in [0.1, 0.15) is 42.7 Å². The number of hydrogen-bond donors (Lipinski definition) is 2. The third-order valence-corrected chi connectivity index (χ3v) is 6.73. The van der Waals surface area contributed by atoms with Crippen molar-refractivity contribution >= 4 is 29.5 Å². The molecule has 1 aliphatic carbocycles. The first-order valence-corrected chi connectivity index (χ1v) is 12.0. The van der Waals surface area contributed by atoms with Crippen LogP contribution in [0.5, 0.6) is 5.75 Å². The topological polar surface area (TPSA) is 67.4 Å². The van der Waals surface area contributed by atoms with Crippen molar-refractivity contribution in [3.63, 3.8) is 0 Å². The van der Waals surface area contributed by atoms with Crippen LogP contribution in [-0.4, -0.2) is 29.8 Å². The molecule has 1 fully saturated rings. The van der Waals surface area contributed by atoms with Crippen LogP contribution in [0.15, 0.2) is 60.7 Å². The van der Waals surface area contributed by atoms with Crippen molar-refractivity contribution in [2.24, 2.45) is 5.92 Å². The predicted octanol–water partition coefficient (Wildman–Crippen LogP) is 5.21. The molecule has 2 amide bonds. The van der Waals surface area contributed by atoms with E-state index in [4.69, 9.17) is 4.74 Å². The summed E-state index contributed by atoms with van der Waals surface area (Å²) in [5.74, 6) is -1.59. The second-order valence-corrected chi connectivity index (χ2v) is 9.47. The Balaban J connectivity index is 1.49. The van der Waals surface area contributed by atoms with Crippen molar-refractivity contribution in [2.75, 3.05) is 6.61 Å². The first-order chi connectivity index (χ1) is 16.3. The molecular weight excluding hydrogens is 465 g/mol. The summed E-state index contributed by atoms with van der Waals surface area (Å²) in [6.45, 7) is -0.0377. The molecule has 2 aliphatic rings. The van der Waals surface area contributed by atoms with Crippen molar-refractivity contribution in [3.05, 3.63) is 71.8 Å². The number of ether oxygens (including phenoxy) is 1. The van der Waals surface area contributed by atoms with Crippen LogP contribution in [0, 0.1) is 5.92 Å². The second-order valence-electron chi connectivity index (χ2n) is 8.36.